The van der Waals surface area contributed by atoms with Crippen molar-refractivity contribution in [2.24, 2.45) is 5.73 Å². The molecule has 1 aromatic heterocycles. The second kappa shape index (κ2) is 12.7. The van der Waals surface area contributed by atoms with Crippen molar-refractivity contribution in [3.63, 3.8) is 0 Å². The van der Waals surface area contributed by atoms with E-state index in [0.717, 1.165) is 16.5 Å². The van der Waals surface area contributed by atoms with Gasteiger partial charge in [0.05, 0.1) is 12.1 Å². The van der Waals surface area contributed by atoms with Crippen LogP contribution in [0.25, 0.3) is 10.9 Å². The van der Waals surface area contributed by atoms with Crippen LogP contribution in [-0.2, 0) is 32.0 Å². The smallest absolute Gasteiger partial charge is 0.322 e. The van der Waals surface area contributed by atoms with E-state index in [4.69, 9.17) is 10.8 Å². The summed E-state index contributed by atoms with van der Waals surface area (Å²) in [5, 5.41) is 27.3. The molecule has 0 aliphatic heterocycles. The zero-order valence-corrected chi connectivity index (χ0v) is 20.3. The fourth-order valence-electron chi connectivity index (χ4n) is 3.90. The molecule has 0 bridgehead atoms. The van der Waals surface area contributed by atoms with Crippen molar-refractivity contribution < 1.29 is 29.4 Å². The minimum Gasteiger partial charge on any atom is -0.480 e. The SMILES string of the molecule is CC(O)C(NC(=O)C(N)Cc1ccccc1)C(=O)NC(Cc1c[nH]c2ccccc12)C(=O)NCC(=O)O. The van der Waals surface area contributed by atoms with Gasteiger partial charge in [0.25, 0.3) is 0 Å². The summed E-state index contributed by atoms with van der Waals surface area (Å²) in [6, 6.07) is 12.9. The average Bonchev–Trinajstić information content (AvgIpc) is 3.28. The van der Waals surface area contributed by atoms with E-state index in [1.807, 2.05) is 54.6 Å². The number of H-pyrrole nitrogens is 1. The fourth-order valence-corrected chi connectivity index (χ4v) is 3.90. The molecular weight excluding hydrogens is 478 g/mol. The lowest BCUT2D eigenvalue weighted by atomic mass is 10.0. The number of carbonyl (C=O) groups is 4. The van der Waals surface area contributed by atoms with Gasteiger partial charge in [-0.05, 0) is 30.5 Å². The lowest BCUT2D eigenvalue weighted by molar-refractivity contribution is -0.138. The molecule has 11 nitrogen and oxygen atoms in total. The molecule has 3 aromatic rings. The third kappa shape index (κ3) is 7.63. The number of aliphatic hydroxyl groups excluding tert-OH is 1. The number of aliphatic hydroxyl groups is 1. The van der Waals surface area contributed by atoms with Gasteiger partial charge in [-0.25, -0.2) is 0 Å². The number of nitrogens with two attached hydrogens (primary N) is 1. The number of rotatable bonds is 12. The molecule has 0 aliphatic carbocycles. The van der Waals surface area contributed by atoms with Gasteiger partial charge < -0.3 is 36.9 Å². The minimum atomic E-state index is -1.40. The Morgan fingerprint density at radius 3 is 2.27 bits per heavy atom. The van der Waals surface area contributed by atoms with Crippen LogP contribution in [0.5, 0.6) is 0 Å². The lowest BCUT2D eigenvalue weighted by Gasteiger charge is -2.25. The van der Waals surface area contributed by atoms with Crippen LogP contribution in [0.3, 0.4) is 0 Å². The number of hydrogen-bond acceptors (Lipinski definition) is 6. The van der Waals surface area contributed by atoms with Gasteiger partial charge in [-0.3, -0.25) is 19.2 Å². The highest BCUT2D eigenvalue weighted by molar-refractivity contribution is 5.94. The fraction of sp³-hybridized carbons (Fsp3) is 0.308. The first kappa shape index (κ1) is 27.4. The number of aromatic nitrogens is 1. The summed E-state index contributed by atoms with van der Waals surface area (Å²) in [7, 11) is 0. The molecule has 37 heavy (non-hydrogen) atoms. The summed E-state index contributed by atoms with van der Waals surface area (Å²) in [6.45, 7) is 0.691. The predicted octanol–water partition coefficient (Wildman–Crippen LogP) is -0.168. The Morgan fingerprint density at radius 1 is 0.919 bits per heavy atom. The first-order chi connectivity index (χ1) is 17.7. The summed E-state index contributed by atoms with van der Waals surface area (Å²) in [4.78, 5) is 52.6. The molecule has 0 fully saturated rings. The van der Waals surface area contributed by atoms with Gasteiger partial charge in [-0.15, -0.1) is 0 Å². The number of para-hydroxylation sites is 1. The van der Waals surface area contributed by atoms with Gasteiger partial charge >= 0.3 is 5.97 Å². The van der Waals surface area contributed by atoms with Crippen molar-refractivity contribution in [2.75, 3.05) is 6.54 Å². The van der Waals surface area contributed by atoms with E-state index in [9.17, 15) is 24.3 Å². The maximum absolute atomic E-state index is 13.1. The van der Waals surface area contributed by atoms with Gasteiger partial charge in [0.2, 0.25) is 17.7 Å². The molecule has 1 heterocycles. The Kier molecular flexibility index (Phi) is 9.36. The van der Waals surface area contributed by atoms with E-state index in [1.165, 1.54) is 6.92 Å². The van der Waals surface area contributed by atoms with Crippen molar-refractivity contribution in [1.29, 1.82) is 0 Å². The highest BCUT2D eigenvalue weighted by Gasteiger charge is 2.31. The molecular formula is C26H31N5O6. The number of fused-ring (bicyclic) bond motifs is 1. The van der Waals surface area contributed by atoms with E-state index in [-0.39, 0.29) is 12.8 Å². The third-order valence-corrected chi connectivity index (χ3v) is 5.84. The summed E-state index contributed by atoms with van der Waals surface area (Å²) >= 11 is 0. The molecule has 4 unspecified atom stereocenters. The van der Waals surface area contributed by atoms with Crippen LogP contribution in [0.2, 0.25) is 0 Å². The topological polar surface area (TPSA) is 187 Å². The van der Waals surface area contributed by atoms with Crippen LogP contribution in [0.1, 0.15) is 18.1 Å². The Bertz CT molecular complexity index is 1240. The molecule has 196 valence electrons. The summed E-state index contributed by atoms with van der Waals surface area (Å²) in [5.41, 5.74) is 8.39. The first-order valence-corrected chi connectivity index (χ1v) is 11.8. The second-order valence-corrected chi connectivity index (χ2v) is 8.76. The second-order valence-electron chi connectivity index (χ2n) is 8.76. The van der Waals surface area contributed by atoms with Gasteiger partial charge in [0, 0.05) is 23.5 Å². The van der Waals surface area contributed by atoms with Crippen LogP contribution >= 0.6 is 0 Å². The monoisotopic (exact) mass is 509 g/mol. The van der Waals surface area contributed by atoms with Gasteiger partial charge in [-0.1, -0.05) is 48.5 Å². The summed E-state index contributed by atoms with van der Waals surface area (Å²) in [5.74, 6) is -3.43. The first-order valence-electron chi connectivity index (χ1n) is 11.8. The zero-order chi connectivity index (χ0) is 26.9. The molecule has 0 saturated carbocycles. The summed E-state index contributed by atoms with van der Waals surface area (Å²) < 4.78 is 0. The number of carboxylic acids is 1. The molecule has 3 rings (SSSR count). The number of aliphatic carboxylic acids is 1. The van der Waals surface area contributed by atoms with E-state index in [0.29, 0.717) is 5.56 Å². The molecule has 8 N–H and O–H groups in total. The quantitative estimate of drug-likeness (QED) is 0.177. The molecule has 2 aromatic carbocycles. The maximum Gasteiger partial charge on any atom is 0.322 e. The van der Waals surface area contributed by atoms with Crippen molar-refractivity contribution in [2.45, 2.75) is 44.0 Å². The van der Waals surface area contributed by atoms with Crippen molar-refractivity contribution in [3.8, 4) is 0 Å². The minimum absolute atomic E-state index is 0.0369. The Morgan fingerprint density at radius 2 is 1.59 bits per heavy atom. The zero-order valence-electron chi connectivity index (χ0n) is 20.3. The molecule has 11 heteroatoms. The van der Waals surface area contributed by atoms with Crippen molar-refractivity contribution >= 4 is 34.6 Å². The highest BCUT2D eigenvalue weighted by Crippen LogP contribution is 2.19. The largest absolute Gasteiger partial charge is 0.480 e. The number of benzene rings is 2. The number of amides is 3. The number of carbonyl (C=O) groups excluding carboxylic acids is 3. The molecule has 4 atom stereocenters. The summed E-state index contributed by atoms with van der Waals surface area (Å²) in [6.07, 6.45) is 0.658. The highest BCUT2D eigenvalue weighted by atomic mass is 16.4. The van der Waals surface area contributed by atoms with Gasteiger partial charge in [0.1, 0.15) is 18.6 Å². The van der Waals surface area contributed by atoms with Crippen LogP contribution in [-0.4, -0.2) is 69.7 Å². The standard InChI is InChI=1S/C26H31N5O6/c1-15(32)23(31-24(35)19(27)11-16-7-3-2-4-8-16)26(37)30-21(25(36)29-14-22(33)34)12-17-13-28-20-10-6-5-9-18(17)20/h2-10,13,15,19,21,23,28,32H,11-12,14,27H2,1H3,(H,29,36)(H,30,37)(H,31,35)(H,33,34). The molecule has 0 spiro atoms. The van der Waals surface area contributed by atoms with E-state index in [1.54, 1.807) is 6.20 Å². The van der Waals surface area contributed by atoms with Gasteiger partial charge in [-0.2, -0.15) is 0 Å². The number of nitrogens with one attached hydrogen (secondary N) is 4. The van der Waals surface area contributed by atoms with E-state index >= 15 is 0 Å². The third-order valence-electron chi connectivity index (χ3n) is 5.84. The van der Waals surface area contributed by atoms with E-state index in [2.05, 4.69) is 20.9 Å². The number of aromatic amines is 1. The van der Waals surface area contributed by atoms with Gasteiger partial charge in [0.15, 0.2) is 0 Å². The Labute approximate surface area is 213 Å². The van der Waals surface area contributed by atoms with Crippen molar-refractivity contribution in [3.05, 3.63) is 71.9 Å². The average molecular weight is 510 g/mol. The maximum atomic E-state index is 13.1. The predicted molar refractivity (Wildman–Crippen MR) is 136 cm³/mol. The molecule has 3 amide bonds. The normalized spacial score (nSPS) is 14.2. The van der Waals surface area contributed by atoms with Crippen LogP contribution in [0.4, 0.5) is 0 Å². The van der Waals surface area contributed by atoms with Crippen LogP contribution in [0.15, 0.2) is 60.8 Å². The molecule has 0 radical (unpaired) electrons. The number of hydrogen-bond donors (Lipinski definition) is 7. The number of carboxylic acid groups (broad SMARTS) is 1. The molecule has 0 aliphatic rings. The Hall–Kier alpha value is -4.22. The van der Waals surface area contributed by atoms with E-state index < -0.39 is 54.5 Å². The van der Waals surface area contributed by atoms with Crippen LogP contribution in [0, 0.1) is 0 Å². The van der Waals surface area contributed by atoms with Crippen molar-refractivity contribution in [1.82, 2.24) is 20.9 Å². The Balaban J connectivity index is 1.74. The molecule has 0 saturated heterocycles. The van der Waals surface area contributed by atoms with Crippen LogP contribution < -0.4 is 21.7 Å². The lowest BCUT2D eigenvalue weighted by Crippen LogP contribution is -2.59.